The summed E-state index contributed by atoms with van der Waals surface area (Å²) >= 11 is 0. The molecule has 164 valence electrons. The van der Waals surface area contributed by atoms with Gasteiger partial charge in [0, 0.05) is 48.3 Å². The zero-order valence-corrected chi connectivity index (χ0v) is 18.9. The Morgan fingerprint density at radius 2 is 2.00 bits per heavy atom. The number of ether oxygens (including phenoxy) is 1. The number of hydrogen-bond donors (Lipinski definition) is 0. The number of hydrogen-bond acceptors (Lipinski definition) is 7. The molecule has 8 heteroatoms. The molecule has 0 radical (unpaired) electrons. The maximum absolute atomic E-state index is 11.8. The first-order valence-electron chi connectivity index (χ1n) is 10.4. The predicted octanol–water partition coefficient (Wildman–Crippen LogP) is 4.33. The Bertz CT molecular complexity index is 1170. The van der Waals surface area contributed by atoms with Crippen molar-refractivity contribution >= 4 is 15.5 Å². The highest BCUT2D eigenvalue weighted by atomic mass is 32.2. The molecule has 3 aromatic rings. The van der Waals surface area contributed by atoms with Gasteiger partial charge in [0.15, 0.2) is 9.84 Å². The van der Waals surface area contributed by atoms with Crippen molar-refractivity contribution in [1.82, 2.24) is 10.1 Å². The molecule has 7 nitrogen and oxygen atoms in total. The Morgan fingerprint density at radius 1 is 1.16 bits per heavy atom. The summed E-state index contributed by atoms with van der Waals surface area (Å²) in [5, 5.41) is 4.06. The molecule has 1 unspecified atom stereocenters. The van der Waals surface area contributed by atoms with Crippen LogP contribution in [0.25, 0.3) is 22.8 Å². The van der Waals surface area contributed by atoms with Crippen LogP contribution in [0.5, 0.6) is 0 Å². The molecule has 1 aliphatic heterocycles. The number of anilines is 1. The lowest BCUT2D eigenvalue weighted by Crippen LogP contribution is -2.38. The van der Waals surface area contributed by atoms with Gasteiger partial charge in [-0.2, -0.15) is 4.98 Å². The summed E-state index contributed by atoms with van der Waals surface area (Å²) in [5.41, 5.74) is 3.65. The Kier molecular flexibility index (Phi) is 6.11. The summed E-state index contributed by atoms with van der Waals surface area (Å²) < 4.78 is 34.7. The van der Waals surface area contributed by atoms with Crippen LogP contribution >= 0.6 is 0 Å². The molecule has 0 bridgehead atoms. The van der Waals surface area contributed by atoms with E-state index in [-0.39, 0.29) is 4.90 Å². The second kappa shape index (κ2) is 8.80. The van der Waals surface area contributed by atoms with Crippen molar-refractivity contribution in [3.8, 4) is 22.8 Å². The van der Waals surface area contributed by atoms with Gasteiger partial charge in [0.05, 0.1) is 11.5 Å². The number of benzene rings is 2. The topological polar surface area (TPSA) is 85.5 Å². The molecular weight excluding hydrogens is 414 g/mol. The van der Waals surface area contributed by atoms with Gasteiger partial charge in [-0.25, -0.2) is 8.42 Å². The van der Waals surface area contributed by atoms with Crippen LogP contribution in [0.4, 0.5) is 5.69 Å². The minimum atomic E-state index is -3.32. The van der Waals surface area contributed by atoms with Crippen LogP contribution in [-0.4, -0.2) is 44.5 Å². The molecule has 0 saturated carbocycles. The molecule has 0 N–H and O–H groups in total. The minimum absolute atomic E-state index is 0.221. The van der Waals surface area contributed by atoms with Crippen molar-refractivity contribution in [2.24, 2.45) is 0 Å². The van der Waals surface area contributed by atoms with Crippen LogP contribution in [0.3, 0.4) is 0 Å². The molecule has 2 heterocycles. The molecule has 1 atom stereocenters. The third kappa shape index (κ3) is 4.65. The SMILES string of the molecule is COCc1cc(-c2nc(-c3cccc(S(C)(=O)=O)c3)no2)ccc1N1CCCCC1C. The number of rotatable bonds is 6. The van der Waals surface area contributed by atoms with Crippen molar-refractivity contribution in [2.75, 3.05) is 24.8 Å². The van der Waals surface area contributed by atoms with Gasteiger partial charge in [-0.3, -0.25) is 0 Å². The average molecular weight is 442 g/mol. The van der Waals surface area contributed by atoms with Crippen molar-refractivity contribution in [1.29, 1.82) is 0 Å². The molecule has 2 aromatic carbocycles. The smallest absolute Gasteiger partial charge is 0.258 e. The van der Waals surface area contributed by atoms with Crippen LogP contribution in [0, 0.1) is 0 Å². The van der Waals surface area contributed by atoms with Crippen LogP contribution in [0.2, 0.25) is 0 Å². The maximum atomic E-state index is 11.8. The van der Waals surface area contributed by atoms with Crippen molar-refractivity contribution in [3.05, 3.63) is 48.0 Å². The molecule has 0 amide bonds. The standard InChI is InChI=1S/C23H27N3O4S/c1-16-7-4-5-12-26(16)21-11-10-18(13-19(21)15-29-2)23-24-22(25-30-23)17-8-6-9-20(14-17)31(3,27)28/h6,8-11,13-14,16H,4-5,7,12,15H2,1-3H3. The fraction of sp³-hybridized carbons (Fsp3) is 0.391. The monoisotopic (exact) mass is 441 g/mol. The summed E-state index contributed by atoms with van der Waals surface area (Å²) in [6.07, 6.45) is 4.82. The Morgan fingerprint density at radius 3 is 2.74 bits per heavy atom. The van der Waals surface area contributed by atoms with E-state index in [0.717, 1.165) is 17.7 Å². The zero-order chi connectivity index (χ0) is 22.0. The van der Waals surface area contributed by atoms with E-state index in [4.69, 9.17) is 9.26 Å². The van der Waals surface area contributed by atoms with Gasteiger partial charge in [0.25, 0.3) is 5.89 Å². The van der Waals surface area contributed by atoms with Gasteiger partial charge in [-0.05, 0) is 56.5 Å². The largest absolute Gasteiger partial charge is 0.380 e. The molecule has 1 aliphatic rings. The first-order chi connectivity index (χ1) is 14.9. The average Bonchev–Trinajstić information content (AvgIpc) is 3.24. The van der Waals surface area contributed by atoms with Gasteiger partial charge < -0.3 is 14.2 Å². The van der Waals surface area contributed by atoms with Crippen molar-refractivity contribution in [3.63, 3.8) is 0 Å². The van der Waals surface area contributed by atoms with E-state index in [9.17, 15) is 8.42 Å². The van der Waals surface area contributed by atoms with E-state index >= 15 is 0 Å². The quantitative estimate of drug-likeness (QED) is 0.563. The normalized spacial score (nSPS) is 17.1. The molecular formula is C23H27N3O4S. The van der Waals surface area contributed by atoms with Gasteiger partial charge in [0.1, 0.15) is 0 Å². The number of methoxy groups -OCH3 is 1. The molecule has 31 heavy (non-hydrogen) atoms. The highest BCUT2D eigenvalue weighted by Crippen LogP contribution is 2.32. The highest BCUT2D eigenvalue weighted by Gasteiger charge is 2.22. The lowest BCUT2D eigenvalue weighted by molar-refractivity contribution is 0.185. The lowest BCUT2D eigenvalue weighted by atomic mass is 10.00. The molecule has 1 aromatic heterocycles. The first-order valence-corrected chi connectivity index (χ1v) is 12.3. The molecule has 4 rings (SSSR count). The zero-order valence-electron chi connectivity index (χ0n) is 18.0. The lowest BCUT2D eigenvalue weighted by Gasteiger charge is -2.36. The van der Waals surface area contributed by atoms with E-state index in [2.05, 4.69) is 28.0 Å². The van der Waals surface area contributed by atoms with Crippen LogP contribution < -0.4 is 4.90 Å². The predicted molar refractivity (Wildman–Crippen MR) is 120 cm³/mol. The fourth-order valence-electron chi connectivity index (χ4n) is 4.05. The number of piperidine rings is 1. The second-order valence-electron chi connectivity index (χ2n) is 8.04. The first kappa shape index (κ1) is 21.5. The Hall–Kier alpha value is -2.71. The van der Waals surface area contributed by atoms with Crippen LogP contribution in [0.1, 0.15) is 31.7 Å². The maximum Gasteiger partial charge on any atom is 0.258 e. The van der Waals surface area contributed by atoms with Crippen molar-refractivity contribution in [2.45, 2.75) is 43.7 Å². The fourth-order valence-corrected chi connectivity index (χ4v) is 4.72. The Balaban J connectivity index is 1.66. The third-order valence-electron chi connectivity index (χ3n) is 5.69. The van der Waals surface area contributed by atoms with Crippen molar-refractivity contribution < 1.29 is 17.7 Å². The molecule has 0 spiro atoms. The third-order valence-corrected chi connectivity index (χ3v) is 6.80. The van der Waals surface area contributed by atoms with E-state index < -0.39 is 9.84 Å². The van der Waals surface area contributed by atoms with E-state index in [1.54, 1.807) is 31.4 Å². The second-order valence-corrected chi connectivity index (χ2v) is 10.1. The summed E-state index contributed by atoms with van der Waals surface area (Å²) in [7, 11) is -1.63. The minimum Gasteiger partial charge on any atom is -0.380 e. The molecule has 1 saturated heterocycles. The van der Waals surface area contributed by atoms with E-state index in [1.807, 2.05) is 12.1 Å². The number of sulfone groups is 1. The van der Waals surface area contributed by atoms with Crippen LogP contribution in [-0.2, 0) is 21.2 Å². The number of nitrogens with zero attached hydrogens (tertiary/aromatic N) is 3. The Labute approximate surface area is 183 Å². The number of aromatic nitrogens is 2. The summed E-state index contributed by atoms with van der Waals surface area (Å²) in [5.74, 6) is 0.734. The molecule has 0 aliphatic carbocycles. The summed E-state index contributed by atoms with van der Waals surface area (Å²) in [6.45, 7) is 3.79. The summed E-state index contributed by atoms with van der Waals surface area (Å²) in [6, 6.07) is 13.2. The molecule has 1 fully saturated rings. The van der Waals surface area contributed by atoms with Gasteiger partial charge in [-0.1, -0.05) is 17.3 Å². The van der Waals surface area contributed by atoms with Gasteiger partial charge in [0.2, 0.25) is 5.82 Å². The van der Waals surface area contributed by atoms with E-state index in [0.29, 0.717) is 29.9 Å². The van der Waals surface area contributed by atoms with Gasteiger partial charge >= 0.3 is 0 Å². The summed E-state index contributed by atoms with van der Waals surface area (Å²) in [4.78, 5) is 7.17. The van der Waals surface area contributed by atoms with E-state index in [1.165, 1.54) is 31.2 Å². The van der Waals surface area contributed by atoms with Gasteiger partial charge in [-0.15, -0.1) is 0 Å². The highest BCUT2D eigenvalue weighted by molar-refractivity contribution is 7.90. The van der Waals surface area contributed by atoms with Crippen LogP contribution in [0.15, 0.2) is 51.9 Å².